The van der Waals surface area contributed by atoms with Crippen molar-refractivity contribution in [3.63, 3.8) is 0 Å². The van der Waals surface area contributed by atoms with Gasteiger partial charge in [-0.25, -0.2) is 4.79 Å². The number of rotatable bonds is 1. The first-order chi connectivity index (χ1) is 6.27. The van der Waals surface area contributed by atoms with Crippen LogP contribution in [0.5, 0.6) is 0 Å². The van der Waals surface area contributed by atoms with E-state index in [0.29, 0.717) is 11.4 Å². The van der Waals surface area contributed by atoms with Crippen LogP contribution < -0.4 is 0 Å². The molecule has 2 aliphatic rings. The van der Waals surface area contributed by atoms with Gasteiger partial charge >= 0.3 is 5.97 Å². The normalized spacial score (nSPS) is 10.2. The first-order valence-electron chi connectivity index (χ1n) is 3.60. The van der Waals surface area contributed by atoms with Gasteiger partial charge in [0.15, 0.2) is 0 Å². The number of carboxylic acid groups (broad SMARTS) is 1. The number of hydrogen-bond acceptors (Lipinski definition) is 4. The van der Waals surface area contributed by atoms with Gasteiger partial charge in [0, 0.05) is 0 Å². The monoisotopic (exact) mass is 175 g/mol. The minimum absolute atomic E-state index is 0.208. The van der Waals surface area contributed by atoms with Crippen LogP contribution in [0.3, 0.4) is 0 Å². The fourth-order valence-corrected chi connectivity index (χ4v) is 0.994. The third-order valence-corrected chi connectivity index (χ3v) is 1.66. The molecule has 0 bridgehead atoms. The van der Waals surface area contributed by atoms with Crippen molar-refractivity contribution < 1.29 is 9.90 Å². The number of aromatic carboxylic acids is 1. The van der Waals surface area contributed by atoms with E-state index in [4.69, 9.17) is 5.11 Å². The molecule has 0 aromatic heterocycles. The van der Waals surface area contributed by atoms with Crippen molar-refractivity contribution >= 4 is 5.97 Å². The Morgan fingerprint density at radius 1 is 1.08 bits per heavy atom. The van der Waals surface area contributed by atoms with E-state index >= 15 is 0 Å². The predicted molar refractivity (Wildman–Crippen MR) is 43.4 cm³/mol. The lowest BCUT2D eigenvalue weighted by Crippen LogP contribution is -1.92. The van der Waals surface area contributed by atoms with Crippen molar-refractivity contribution in [3.05, 3.63) is 29.8 Å². The molecule has 64 valence electrons. The summed E-state index contributed by atoms with van der Waals surface area (Å²) in [4.78, 5) is 10.6. The maximum atomic E-state index is 10.6. The van der Waals surface area contributed by atoms with E-state index in [1.807, 2.05) is 0 Å². The summed E-state index contributed by atoms with van der Waals surface area (Å²) in [5.41, 5.74) is 1.39. The molecule has 13 heavy (non-hydrogen) atoms. The smallest absolute Gasteiger partial charge is 0.335 e. The van der Waals surface area contributed by atoms with Crippen LogP contribution in [-0.2, 0) is 0 Å². The second-order valence-corrected chi connectivity index (χ2v) is 2.49. The number of aromatic nitrogens is 3. The maximum absolute atomic E-state index is 10.6. The first kappa shape index (κ1) is 7.60. The van der Waals surface area contributed by atoms with Gasteiger partial charge in [-0.15, -0.1) is 10.2 Å². The molecule has 0 spiro atoms. The van der Waals surface area contributed by atoms with Gasteiger partial charge in [0.25, 0.3) is 0 Å². The highest BCUT2D eigenvalue weighted by Crippen LogP contribution is 2.13. The van der Waals surface area contributed by atoms with Gasteiger partial charge in [-0.1, -0.05) is 0 Å². The molecule has 0 fully saturated rings. The number of fused-ring (bicyclic) bond motifs is 1. The topological polar surface area (TPSA) is 76.0 Å². The van der Waals surface area contributed by atoms with Crippen molar-refractivity contribution in [1.29, 1.82) is 0 Å². The number of hydrogen-bond donors (Lipinski definition) is 1. The maximum Gasteiger partial charge on any atom is 0.335 e. The zero-order valence-corrected chi connectivity index (χ0v) is 6.51. The molecule has 0 aromatic carbocycles. The summed E-state index contributed by atoms with van der Waals surface area (Å²) in [7, 11) is 0. The van der Waals surface area contributed by atoms with Crippen LogP contribution in [0.1, 0.15) is 10.4 Å². The molecule has 5 nitrogen and oxygen atoms in total. The molecule has 0 amide bonds. The highest BCUT2D eigenvalue weighted by Gasteiger charge is 2.06. The average Bonchev–Trinajstić information content (AvgIpc) is 2.44. The lowest BCUT2D eigenvalue weighted by atomic mass is 10.3. The standard InChI is InChI=1S/C8H5N3O2/c12-8(13)5-1-3-6-7(4-2-5)10-11-9-6/h1-4H,(H,12,13). The van der Waals surface area contributed by atoms with Gasteiger partial charge in [0.1, 0.15) is 11.4 Å². The Kier molecular flexibility index (Phi) is 1.63. The van der Waals surface area contributed by atoms with Crippen LogP contribution >= 0.6 is 0 Å². The molecule has 0 saturated heterocycles. The van der Waals surface area contributed by atoms with Crippen molar-refractivity contribution in [1.82, 2.24) is 15.4 Å². The average molecular weight is 175 g/mol. The minimum Gasteiger partial charge on any atom is -0.478 e. The molecule has 1 aliphatic heterocycles. The molecule has 0 radical (unpaired) electrons. The van der Waals surface area contributed by atoms with Gasteiger partial charge < -0.3 is 5.11 Å². The summed E-state index contributed by atoms with van der Waals surface area (Å²) in [6.07, 6.45) is 0. The van der Waals surface area contributed by atoms with Crippen LogP contribution in [0.2, 0.25) is 0 Å². The van der Waals surface area contributed by atoms with Crippen LogP contribution in [0.25, 0.3) is 11.4 Å². The Labute approximate surface area is 73.4 Å². The highest BCUT2D eigenvalue weighted by atomic mass is 16.4. The van der Waals surface area contributed by atoms with Crippen LogP contribution in [0.15, 0.2) is 24.3 Å². The number of carboxylic acids is 1. The summed E-state index contributed by atoms with van der Waals surface area (Å²) in [5.74, 6) is -0.967. The van der Waals surface area contributed by atoms with E-state index in [-0.39, 0.29) is 5.56 Å². The molecular formula is C8H5N3O2. The van der Waals surface area contributed by atoms with Crippen molar-refractivity contribution in [2.75, 3.05) is 0 Å². The Morgan fingerprint density at radius 2 is 1.62 bits per heavy atom. The van der Waals surface area contributed by atoms with Crippen molar-refractivity contribution in [3.8, 4) is 11.4 Å². The number of carbonyl (C=O) groups is 1. The van der Waals surface area contributed by atoms with E-state index in [1.54, 1.807) is 12.1 Å². The number of nitrogens with zero attached hydrogens (tertiary/aromatic N) is 3. The second-order valence-electron chi connectivity index (χ2n) is 2.49. The summed E-state index contributed by atoms with van der Waals surface area (Å²) >= 11 is 0. The Hall–Kier alpha value is -2.04. The minimum atomic E-state index is -0.967. The molecule has 0 aromatic rings. The molecular weight excluding hydrogens is 170 g/mol. The molecule has 0 saturated carbocycles. The van der Waals surface area contributed by atoms with Gasteiger partial charge in [0.05, 0.1) is 5.56 Å². The third kappa shape index (κ3) is 1.31. The fourth-order valence-electron chi connectivity index (χ4n) is 0.994. The quantitative estimate of drug-likeness (QED) is 0.689. The summed E-state index contributed by atoms with van der Waals surface area (Å²) in [6.45, 7) is 0. The van der Waals surface area contributed by atoms with E-state index in [9.17, 15) is 4.79 Å². The third-order valence-electron chi connectivity index (χ3n) is 1.66. The zero-order valence-electron chi connectivity index (χ0n) is 6.51. The van der Waals surface area contributed by atoms with E-state index in [2.05, 4.69) is 15.4 Å². The molecule has 0 atom stereocenters. The lowest BCUT2D eigenvalue weighted by molar-refractivity contribution is 0.0697. The summed E-state index contributed by atoms with van der Waals surface area (Å²) in [5, 5.41) is 19.6. The SMILES string of the molecule is O=C(O)c1ccc2nnnc-2cc1. The first-order valence-corrected chi connectivity index (χ1v) is 3.60. The molecule has 1 heterocycles. The van der Waals surface area contributed by atoms with Crippen molar-refractivity contribution in [2.45, 2.75) is 0 Å². The van der Waals surface area contributed by atoms with Crippen molar-refractivity contribution in [2.24, 2.45) is 0 Å². The molecule has 5 heteroatoms. The van der Waals surface area contributed by atoms with E-state index in [1.165, 1.54) is 12.1 Å². The lowest BCUT2D eigenvalue weighted by Gasteiger charge is -1.83. The largest absolute Gasteiger partial charge is 0.478 e. The Balaban J connectivity index is 2.61. The van der Waals surface area contributed by atoms with E-state index in [0.717, 1.165) is 0 Å². The Morgan fingerprint density at radius 3 is 2.08 bits per heavy atom. The molecule has 0 unspecified atom stereocenters. The highest BCUT2D eigenvalue weighted by molar-refractivity contribution is 5.87. The van der Waals surface area contributed by atoms with Crippen LogP contribution in [-0.4, -0.2) is 26.5 Å². The van der Waals surface area contributed by atoms with Crippen LogP contribution in [0.4, 0.5) is 0 Å². The summed E-state index contributed by atoms with van der Waals surface area (Å²) in [6, 6.07) is 6.11. The predicted octanol–water partition coefficient (Wildman–Crippen LogP) is 0.675. The van der Waals surface area contributed by atoms with E-state index < -0.39 is 5.97 Å². The second kappa shape index (κ2) is 2.78. The Bertz CT molecular complexity index is 399. The molecule has 1 N–H and O–H groups in total. The summed E-state index contributed by atoms with van der Waals surface area (Å²) < 4.78 is 0. The van der Waals surface area contributed by atoms with Crippen LogP contribution in [0, 0.1) is 0 Å². The zero-order chi connectivity index (χ0) is 9.26. The van der Waals surface area contributed by atoms with Gasteiger partial charge in [-0.3, -0.25) is 0 Å². The molecule has 2 rings (SSSR count). The van der Waals surface area contributed by atoms with Gasteiger partial charge in [0.2, 0.25) is 0 Å². The van der Waals surface area contributed by atoms with Gasteiger partial charge in [-0.05, 0) is 29.5 Å². The van der Waals surface area contributed by atoms with Gasteiger partial charge in [-0.2, -0.15) is 0 Å². The molecule has 1 aliphatic carbocycles. The fraction of sp³-hybridized carbons (Fsp3) is 0.